The van der Waals surface area contributed by atoms with Crippen LogP contribution in [0.1, 0.15) is 18.2 Å². The average Bonchev–Trinajstić information content (AvgIpc) is 2.76. The van der Waals surface area contributed by atoms with Crippen LogP contribution >= 0.6 is 11.6 Å². The Kier molecular flexibility index (Phi) is 4.00. The summed E-state index contributed by atoms with van der Waals surface area (Å²) in [5.41, 5.74) is 0.0105. The van der Waals surface area contributed by atoms with Crippen molar-refractivity contribution in [3.8, 4) is 5.75 Å². The molecule has 0 bridgehead atoms. The number of benzene rings is 1. The summed E-state index contributed by atoms with van der Waals surface area (Å²) < 4.78 is 5.28. The number of ether oxygens (including phenoxy) is 1. The van der Waals surface area contributed by atoms with E-state index in [-0.39, 0.29) is 12.3 Å². The maximum atomic E-state index is 12.8. The van der Waals surface area contributed by atoms with Gasteiger partial charge in [-0.3, -0.25) is 9.78 Å². The van der Waals surface area contributed by atoms with Crippen molar-refractivity contribution >= 4 is 23.2 Å². The van der Waals surface area contributed by atoms with Crippen molar-refractivity contribution in [3.63, 3.8) is 0 Å². The third kappa shape index (κ3) is 2.46. The largest absolute Gasteiger partial charge is 0.495 e. The highest BCUT2D eigenvalue weighted by atomic mass is 35.5. The van der Waals surface area contributed by atoms with E-state index in [1.165, 1.54) is 7.11 Å². The summed E-state index contributed by atoms with van der Waals surface area (Å²) in [4.78, 5) is 18.6. The first-order valence-corrected chi connectivity index (χ1v) is 7.71. The van der Waals surface area contributed by atoms with Gasteiger partial charge in [-0.2, -0.15) is 0 Å². The van der Waals surface area contributed by atoms with Gasteiger partial charge in [-0.1, -0.05) is 11.6 Å². The van der Waals surface area contributed by atoms with Crippen LogP contribution in [-0.2, 0) is 16.8 Å². The van der Waals surface area contributed by atoms with Crippen molar-refractivity contribution in [3.05, 3.63) is 52.8 Å². The molecule has 0 saturated carbocycles. The number of aromatic nitrogens is 1. The molecule has 0 saturated heterocycles. The lowest BCUT2D eigenvalue weighted by molar-refractivity contribution is -0.136. The monoisotopic (exact) mass is 332 g/mol. The number of aliphatic hydroxyl groups is 1. The quantitative estimate of drug-likeness (QED) is 0.934. The minimum Gasteiger partial charge on any atom is -0.495 e. The highest BCUT2D eigenvalue weighted by Gasteiger charge is 2.50. The molecule has 6 heteroatoms. The van der Waals surface area contributed by atoms with E-state index < -0.39 is 5.60 Å². The minimum atomic E-state index is -1.70. The molecule has 2 heterocycles. The SMILES string of the molecule is CCN1C(=O)C(O)(Cc2ncccc2OC)c2cc(Cl)ccc21. The van der Waals surface area contributed by atoms with Gasteiger partial charge in [0.2, 0.25) is 0 Å². The smallest absolute Gasteiger partial charge is 0.264 e. The van der Waals surface area contributed by atoms with E-state index in [9.17, 15) is 9.90 Å². The second kappa shape index (κ2) is 5.83. The number of hydrogen-bond donors (Lipinski definition) is 1. The highest BCUT2D eigenvalue weighted by Crippen LogP contribution is 2.43. The molecule has 1 aliphatic heterocycles. The molecule has 0 fully saturated rings. The van der Waals surface area contributed by atoms with E-state index in [2.05, 4.69) is 4.98 Å². The first kappa shape index (κ1) is 15.8. The number of carbonyl (C=O) groups excluding carboxylic acids is 1. The van der Waals surface area contributed by atoms with Gasteiger partial charge in [0.05, 0.1) is 18.5 Å². The van der Waals surface area contributed by atoms with Gasteiger partial charge in [-0.05, 0) is 37.3 Å². The predicted molar refractivity (Wildman–Crippen MR) is 87.9 cm³/mol. The lowest BCUT2D eigenvalue weighted by atomic mass is 9.90. The average molecular weight is 333 g/mol. The van der Waals surface area contributed by atoms with Gasteiger partial charge < -0.3 is 14.7 Å². The van der Waals surface area contributed by atoms with Gasteiger partial charge in [-0.15, -0.1) is 0 Å². The van der Waals surface area contributed by atoms with Crippen molar-refractivity contribution in [2.75, 3.05) is 18.6 Å². The zero-order valence-electron chi connectivity index (χ0n) is 12.9. The van der Waals surface area contributed by atoms with Crippen LogP contribution in [-0.4, -0.2) is 29.7 Å². The number of anilines is 1. The molecule has 120 valence electrons. The van der Waals surface area contributed by atoms with Crippen LogP contribution in [0.25, 0.3) is 0 Å². The minimum absolute atomic E-state index is 0.0275. The summed E-state index contributed by atoms with van der Waals surface area (Å²) in [7, 11) is 1.53. The summed E-state index contributed by atoms with van der Waals surface area (Å²) in [6.07, 6.45) is 1.64. The third-order valence-electron chi connectivity index (χ3n) is 4.10. The van der Waals surface area contributed by atoms with Gasteiger partial charge in [0.1, 0.15) is 5.75 Å². The third-order valence-corrected chi connectivity index (χ3v) is 4.34. The fourth-order valence-corrected chi connectivity index (χ4v) is 3.16. The summed E-state index contributed by atoms with van der Waals surface area (Å²) in [6.45, 7) is 2.33. The van der Waals surface area contributed by atoms with Gasteiger partial charge in [-0.25, -0.2) is 0 Å². The number of fused-ring (bicyclic) bond motifs is 1. The molecule has 0 spiro atoms. The molecule has 1 unspecified atom stereocenters. The van der Waals surface area contributed by atoms with Crippen molar-refractivity contribution in [2.45, 2.75) is 18.9 Å². The molecule has 23 heavy (non-hydrogen) atoms. The maximum Gasteiger partial charge on any atom is 0.264 e. The molecular formula is C17H17ClN2O3. The first-order valence-electron chi connectivity index (χ1n) is 7.33. The number of rotatable bonds is 4. The Balaban J connectivity index is 2.10. The van der Waals surface area contributed by atoms with Gasteiger partial charge in [0, 0.05) is 29.7 Å². The molecular weight excluding hydrogens is 316 g/mol. The topological polar surface area (TPSA) is 62.7 Å². The van der Waals surface area contributed by atoms with Crippen molar-refractivity contribution in [1.29, 1.82) is 0 Å². The van der Waals surface area contributed by atoms with Gasteiger partial charge >= 0.3 is 0 Å². The molecule has 5 nitrogen and oxygen atoms in total. The Labute approximate surface area is 139 Å². The Morgan fingerprint density at radius 1 is 1.39 bits per heavy atom. The Morgan fingerprint density at radius 3 is 2.87 bits per heavy atom. The Hall–Kier alpha value is -2.11. The summed E-state index contributed by atoms with van der Waals surface area (Å²) in [5.74, 6) is 0.164. The normalized spacial score (nSPS) is 19.8. The summed E-state index contributed by atoms with van der Waals surface area (Å²) in [6, 6.07) is 8.60. The number of likely N-dealkylation sites (N-methyl/N-ethyl adjacent to an activating group) is 1. The van der Waals surface area contributed by atoms with Crippen molar-refractivity contribution in [1.82, 2.24) is 4.98 Å². The molecule has 1 atom stereocenters. The van der Waals surface area contributed by atoms with Crippen molar-refractivity contribution < 1.29 is 14.6 Å². The van der Waals surface area contributed by atoms with E-state index in [4.69, 9.17) is 16.3 Å². The molecule has 3 rings (SSSR count). The van der Waals surface area contributed by atoms with Crippen LogP contribution in [0.4, 0.5) is 5.69 Å². The van der Waals surface area contributed by atoms with E-state index in [0.29, 0.717) is 34.3 Å². The highest BCUT2D eigenvalue weighted by molar-refractivity contribution is 6.31. The lowest BCUT2D eigenvalue weighted by Gasteiger charge is -2.23. The van der Waals surface area contributed by atoms with Gasteiger partial charge in [0.25, 0.3) is 5.91 Å². The van der Waals surface area contributed by atoms with Crippen LogP contribution in [0, 0.1) is 0 Å². The summed E-state index contributed by atoms with van der Waals surface area (Å²) in [5, 5.41) is 11.6. The molecule has 1 aliphatic rings. The van der Waals surface area contributed by atoms with Crippen molar-refractivity contribution in [2.24, 2.45) is 0 Å². The van der Waals surface area contributed by atoms with Crippen LogP contribution in [0.5, 0.6) is 5.75 Å². The fourth-order valence-electron chi connectivity index (χ4n) is 2.99. The Bertz CT molecular complexity index is 765. The van der Waals surface area contributed by atoms with E-state index >= 15 is 0 Å². The zero-order chi connectivity index (χ0) is 16.6. The molecule has 2 aromatic rings. The zero-order valence-corrected chi connectivity index (χ0v) is 13.7. The number of halogens is 1. The number of hydrogen-bond acceptors (Lipinski definition) is 4. The van der Waals surface area contributed by atoms with Crippen LogP contribution in [0.3, 0.4) is 0 Å². The van der Waals surface area contributed by atoms with Crippen LogP contribution < -0.4 is 9.64 Å². The maximum absolute atomic E-state index is 12.8. The van der Waals surface area contributed by atoms with E-state index in [1.807, 2.05) is 6.92 Å². The van der Waals surface area contributed by atoms with E-state index in [0.717, 1.165) is 0 Å². The van der Waals surface area contributed by atoms with Crippen LogP contribution in [0.15, 0.2) is 36.5 Å². The molecule has 0 aliphatic carbocycles. The second-order valence-corrected chi connectivity index (χ2v) is 5.84. The molecule has 1 amide bonds. The number of nitrogens with zero attached hydrogens (tertiary/aromatic N) is 2. The number of amides is 1. The summed E-state index contributed by atoms with van der Waals surface area (Å²) >= 11 is 6.07. The molecule has 1 aromatic heterocycles. The molecule has 0 radical (unpaired) electrons. The lowest BCUT2D eigenvalue weighted by Crippen LogP contribution is -2.42. The number of pyridine rings is 1. The predicted octanol–water partition coefficient (Wildman–Crippen LogP) is 2.54. The standard InChI is InChI=1S/C17H17ClN2O3/c1-3-20-14-7-6-11(18)9-12(14)17(22,16(20)21)10-13-15(23-2)5-4-8-19-13/h4-9,22H,3,10H2,1-2H3. The molecule has 1 N–H and O–H groups in total. The fraction of sp³-hybridized carbons (Fsp3) is 0.294. The number of methoxy groups -OCH3 is 1. The van der Waals surface area contributed by atoms with Gasteiger partial charge in [0.15, 0.2) is 5.60 Å². The second-order valence-electron chi connectivity index (χ2n) is 5.40. The van der Waals surface area contributed by atoms with E-state index in [1.54, 1.807) is 41.4 Å². The molecule has 1 aromatic carbocycles. The van der Waals surface area contributed by atoms with Crippen LogP contribution in [0.2, 0.25) is 5.02 Å². The Morgan fingerprint density at radius 2 is 2.17 bits per heavy atom. The first-order chi connectivity index (χ1) is 11.0. The number of carbonyl (C=O) groups is 1.